The molecule has 188 valence electrons. The zero-order chi connectivity index (χ0) is 25.9. The lowest BCUT2D eigenvalue weighted by atomic mass is 10.1. The maximum absolute atomic E-state index is 12.1. The molecule has 0 aliphatic carbocycles. The van der Waals surface area contributed by atoms with Gasteiger partial charge in [-0.1, -0.05) is 6.07 Å². The number of anilines is 1. The van der Waals surface area contributed by atoms with Gasteiger partial charge in [0, 0.05) is 23.3 Å². The first-order chi connectivity index (χ1) is 17.1. The monoisotopic (exact) mass is 567 g/mol. The van der Waals surface area contributed by atoms with Crippen LogP contribution in [0, 0.1) is 6.92 Å². The van der Waals surface area contributed by atoms with Gasteiger partial charge in [-0.25, -0.2) is 4.98 Å². The third-order valence-corrected chi connectivity index (χ3v) is 6.98. The standard InChI is InChI=1S/C28H30BrN3O3S/c1-17-6-11-22-24(12-17)36-27(31-22)19-7-9-20(10-8-19)30-15-18-13-21(29)26(23(14-18)34-5)35-16-25(33)32-28(2,3)4/h6-14,30H,15-16H2,1-5H3,(H,32,33). The van der Waals surface area contributed by atoms with Gasteiger partial charge >= 0.3 is 0 Å². The Bertz CT molecular complexity index is 1380. The molecule has 6 nitrogen and oxygen atoms in total. The molecule has 0 fully saturated rings. The fraction of sp³-hybridized carbons (Fsp3) is 0.286. The number of hydrogen-bond acceptors (Lipinski definition) is 6. The molecule has 4 rings (SSSR count). The average Bonchev–Trinajstić information content (AvgIpc) is 3.24. The van der Waals surface area contributed by atoms with Crippen LogP contribution in [0.2, 0.25) is 0 Å². The summed E-state index contributed by atoms with van der Waals surface area (Å²) in [5, 5.41) is 7.35. The second-order valence-electron chi connectivity index (χ2n) is 9.62. The Balaban J connectivity index is 1.40. The van der Waals surface area contributed by atoms with E-state index in [-0.39, 0.29) is 18.1 Å². The largest absolute Gasteiger partial charge is 0.493 e. The van der Waals surface area contributed by atoms with Crippen molar-refractivity contribution in [2.24, 2.45) is 0 Å². The highest BCUT2D eigenvalue weighted by Gasteiger charge is 2.17. The lowest BCUT2D eigenvalue weighted by Gasteiger charge is -2.21. The van der Waals surface area contributed by atoms with E-state index in [0.29, 0.717) is 18.0 Å². The van der Waals surface area contributed by atoms with Crippen LogP contribution in [0.25, 0.3) is 20.8 Å². The number of thiazole rings is 1. The summed E-state index contributed by atoms with van der Waals surface area (Å²) in [5.74, 6) is 0.874. The van der Waals surface area contributed by atoms with Crippen molar-refractivity contribution in [2.75, 3.05) is 19.0 Å². The number of hydrogen-bond donors (Lipinski definition) is 2. The number of rotatable bonds is 8. The number of nitrogens with zero attached hydrogens (tertiary/aromatic N) is 1. The molecule has 8 heteroatoms. The third-order valence-electron chi connectivity index (χ3n) is 5.32. The molecule has 1 aromatic heterocycles. The SMILES string of the molecule is COc1cc(CNc2ccc(-c3nc4ccc(C)cc4s3)cc2)cc(Br)c1OCC(=O)NC(C)(C)C. The molecule has 0 bridgehead atoms. The number of amides is 1. The molecule has 0 aliphatic heterocycles. The van der Waals surface area contributed by atoms with Crippen molar-refractivity contribution in [3.05, 3.63) is 70.2 Å². The van der Waals surface area contributed by atoms with Crippen LogP contribution in [-0.4, -0.2) is 30.1 Å². The topological polar surface area (TPSA) is 72.5 Å². The molecule has 2 N–H and O–H groups in total. The first kappa shape index (κ1) is 26.0. The number of carbonyl (C=O) groups excluding carboxylic acids is 1. The van der Waals surface area contributed by atoms with Gasteiger partial charge in [0.2, 0.25) is 0 Å². The summed E-state index contributed by atoms with van der Waals surface area (Å²) in [6.45, 7) is 8.39. The lowest BCUT2D eigenvalue weighted by molar-refractivity contribution is -0.124. The fourth-order valence-corrected chi connectivity index (χ4v) is 5.37. The van der Waals surface area contributed by atoms with Crippen LogP contribution in [0.15, 0.2) is 59.1 Å². The van der Waals surface area contributed by atoms with Crippen molar-refractivity contribution in [2.45, 2.75) is 39.8 Å². The van der Waals surface area contributed by atoms with E-state index in [1.807, 2.05) is 32.9 Å². The van der Waals surface area contributed by atoms with Gasteiger partial charge in [-0.2, -0.15) is 0 Å². The number of fused-ring (bicyclic) bond motifs is 1. The number of benzene rings is 3. The third kappa shape index (κ3) is 6.56. The molecule has 0 atom stereocenters. The van der Waals surface area contributed by atoms with Crippen LogP contribution in [0.5, 0.6) is 11.5 Å². The molecule has 36 heavy (non-hydrogen) atoms. The molecule has 0 saturated carbocycles. The fourth-order valence-electron chi connectivity index (χ4n) is 3.70. The van der Waals surface area contributed by atoms with E-state index in [9.17, 15) is 4.79 Å². The minimum absolute atomic E-state index is 0.0928. The second kappa shape index (κ2) is 10.9. The van der Waals surface area contributed by atoms with Crippen LogP contribution in [-0.2, 0) is 11.3 Å². The predicted molar refractivity (Wildman–Crippen MR) is 151 cm³/mol. The zero-order valence-electron chi connectivity index (χ0n) is 21.1. The van der Waals surface area contributed by atoms with Gasteiger partial charge in [-0.15, -0.1) is 11.3 Å². The summed E-state index contributed by atoms with van der Waals surface area (Å²) in [7, 11) is 1.59. The number of halogens is 1. The van der Waals surface area contributed by atoms with Crippen molar-refractivity contribution in [1.82, 2.24) is 10.3 Å². The van der Waals surface area contributed by atoms with E-state index in [2.05, 4.69) is 76.0 Å². The molecule has 0 aliphatic rings. The van der Waals surface area contributed by atoms with Gasteiger partial charge in [-0.05, 0) is 103 Å². The van der Waals surface area contributed by atoms with Crippen molar-refractivity contribution >= 4 is 49.1 Å². The van der Waals surface area contributed by atoms with E-state index in [0.717, 1.165) is 31.8 Å². The first-order valence-corrected chi connectivity index (χ1v) is 13.2. The Morgan fingerprint density at radius 1 is 1.08 bits per heavy atom. The summed E-state index contributed by atoms with van der Waals surface area (Å²) in [6, 6.07) is 18.5. The van der Waals surface area contributed by atoms with Crippen LogP contribution in [0.1, 0.15) is 31.9 Å². The molecular formula is C28H30BrN3O3S. The van der Waals surface area contributed by atoms with E-state index in [1.165, 1.54) is 10.3 Å². The normalized spacial score (nSPS) is 11.4. The highest BCUT2D eigenvalue weighted by molar-refractivity contribution is 9.10. The van der Waals surface area contributed by atoms with E-state index >= 15 is 0 Å². The Morgan fingerprint density at radius 2 is 1.83 bits per heavy atom. The summed E-state index contributed by atoms with van der Waals surface area (Å²) in [5.41, 5.74) is 5.07. The maximum Gasteiger partial charge on any atom is 0.258 e. The molecule has 4 aromatic rings. The van der Waals surface area contributed by atoms with E-state index < -0.39 is 0 Å². The van der Waals surface area contributed by atoms with Crippen molar-refractivity contribution < 1.29 is 14.3 Å². The molecule has 3 aromatic carbocycles. The first-order valence-electron chi connectivity index (χ1n) is 11.6. The van der Waals surface area contributed by atoms with Crippen LogP contribution < -0.4 is 20.1 Å². The molecule has 0 unspecified atom stereocenters. The minimum Gasteiger partial charge on any atom is -0.493 e. The molecule has 0 radical (unpaired) electrons. The number of methoxy groups -OCH3 is 1. The second-order valence-corrected chi connectivity index (χ2v) is 11.5. The van der Waals surface area contributed by atoms with Gasteiger partial charge in [-0.3, -0.25) is 4.79 Å². The van der Waals surface area contributed by atoms with Crippen molar-refractivity contribution in [1.29, 1.82) is 0 Å². The minimum atomic E-state index is -0.316. The van der Waals surface area contributed by atoms with Gasteiger partial charge in [0.25, 0.3) is 5.91 Å². The van der Waals surface area contributed by atoms with Gasteiger partial charge in [0.15, 0.2) is 18.1 Å². The van der Waals surface area contributed by atoms with E-state index in [1.54, 1.807) is 18.4 Å². The number of aromatic nitrogens is 1. The molecule has 1 heterocycles. The van der Waals surface area contributed by atoms with Gasteiger partial charge < -0.3 is 20.1 Å². The van der Waals surface area contributed by atoms with Gasteiger partial charge in [0.05, 0.1) is 21.8 Å². The summed E-state index contributed by atoms with van der Waals surface area (Å²) in [4.78, 5) is 16.9. The van der Waals surface area contributed by atoms with Crippen LogP contribution in [0.4, 0.5) is 5.69 Å². The number of ether oxygens (including phenoxy) is 2. The smallest absolute Gasteiger partial charge is 0.258 e. The highest BCUT2D eigenvalue weighted by Crippen LogP contribution is 2.37. The predicted octanol–water partition coefficient (Wildman–Crippen LogP) is 6.95. The Hall–Kier alpha value is -3.10. The molecule has 1 amide bonds. The zero-order valence-corrected chi connectivity index (χ0v) is 23.5. The summed E-state index contributed by atoms with van der Waals surface area (Å²) >= 11 is 5.27. The van der Waals surface area contributed by atoms with Crippen molar-refractivity contribution in [3.8, 4) is 22.1 Å². The Kier molecular flexibility index (Phi) is 7.85. The lowest BCUT2D eigenvalue weighted by Crippen LogP contribution is -2.43. The number of nitrogens with one attached hydrogen (secondary N) is 2. The molecule has 0 spiro atoms. The average molecular weight is 569 g/mol. The maximum atomic E-state index is 12.1. The molecular weight excluding hydrogens is 538 g/mol. The number of aryl methyl sites for hydroxylation is 1. The van der Waals surface area contributed by atoms with Gasteiger partial charge in [0.1, 0.15) is 5.01 Å². The van der Waals surface area contributed by atoms with Crippen molar-refractivity contribution in [3.63, 3.8) is 0 Å². The Morgan fingerprint density at radius 3 is 2.53 bits per heavy atom. The number of carbonyl (C=O) groups is 1. The van der Waals surface area contributed by atoms with E-state index in [4.69, 9.17) is 14.5 Å². The Labute approximate surface area is 224 Å². The summed E-state index contributed by atoms with van der Waals surface area (Å²) in [6.07, 6.45) is 0. The van der Waals surface area contributed by atoms with Crippen LogP contribution >= 0.6 is 27.3 Å². The van der Waals surface area contributed by atoms with Crippen LogP contribution in [0.3, 0.4) is 0 Å². The summed E-state index contributed by atoms with van der Waals surface area (Å²) < 4.78 is 13.2. The highest BCUT2D eigenvalue weighted by atomic mass is 79.9. The molecule has 0 saturated heterocycles. The quantitative estimate of drug-likeness (QED) is 0.241.